The van der Waals surface area contributed by atoms with E-state index in [0.29, 0.717) is 23.7 Å². The first kappa shape index (κ1) is 19.8. The summed E-state index contributed by atoms with van der Waals surface area (Å²) < 4.78 is 18.5. The molecule has 0 spiro atoms. The van der Waals surface area contributed by atoms with Crippen molar-refractivity contribution in [3.8, 4) is 22.9 Å². The maximum Gasteiger partial charge on any atom is 0.226 e. The van der Waals surface area contributed by atoms with Crippen LogP contribution in [0.15, 0.2) is 48.8 Å². The van der Waals surface area contributed by atoms with Gasteiger partial charge in [-0.15, -0.1) is 0 Å². The van der Waals surface area contributed by atoms with E-state index in [1.54, 1.807) is 20.5 Å². The molecule has 3 aromatic rings. The van der Waals surface area contributed by atoms with E-state index in [-0.39, 0.29) is 17.9 Å². The number of aromatic nitrogens is 2. The van der Waals surface area contributed by atoms with Gasteiger partial charge in [0.15, 0.2) is 11.5 Å². The number of amides is 1. The number of nitrogens with one attached hydrogen (secondary N) is 1. The highest BCUT2D eigenvalue weighted by atomic mass is 16.5. The monoisotopic (exact) mass is 407 g/mol. The molecule has 1 aromatic heterocycles. The van der Waals surface area contributed by atoms with Crippen molar-refractivity contribution in [2.75, 3.05) is 19.5 Å². The molecule has 2 aromatic carbocycles. The Labute approximate surface area is 175 Å². The molecule has 1 aliphatic heterocycles. The van der Waals surface area contributed by atoms with E-state index in [2.05, 4.69) is 10.3 Å². The summed E-state index contributed by atoms with van der Waals surface area (Å²) in [5.74, 6) is 2.55. The summed E-state index contributed by atoms with van der Waals surface area (Å²) in [4.78, 5) is 17.2. The summed E-state index contributed by atoms with van der Waals surface area (Å²) in [7, 11) is 3.24. The van der Waals surface area contributed by atoms with Gasteiger partial charge in [0.05, 0.1) is 26.0 Å². The minimum Gasteiger partial charge on any atom is -0.497 e. The van der Waals surface area contributed by atoms with Gasteiger partial charge in [-0.05, 0) is 55.8 Å². The van der Waals surface area contributed by atoms with Crippen LogP contribution in [0.2, 0.25) is 0 Å². The number of carbonyl (C=O) groups is 1. The van der Waals surface area contributed by atoms with Gasteiger partial charge in [-0.1, -0.05) is 6.07 Å². The van der Waals surface area contributed by atoms with Crippen LogP contribution in [0.5, 0.6) is 17.2 Å². The maximum absolute atomic E-state index is 12.5. The molecule has 7 heteroatoms. The highest BCUT2D eigenvalue weighted by Crippen LogP contribution is 2.40. The number of anilines is 1. The number of rotatable bonds is 6. The van der Waals surface area contributed by atoms with E-state index in [0.717, 1.165) is 22.7 Å². The molecule has 4 rings (SSSR count). The van der Waals surface area contributed by atoms with Gasteiger partial charge in [0.1, 0.15) is 17.9 Å². The second-order valence-corrected chi connectivity index (χ2v) is 7.43. The van der Waals surface area contributed by atoms with Crippen molar-refractivity contribution in [1.82, 2.24) is 9.55 Å². The first-order valence-corrected chi connectivity index (χ1v) is 9.86. The minimum absolute atomic E-state index is 0.0389. The molecular weight excluding hydrogens is 382 g/mol. The number of ether oxygens (including phenoxy) is 3. The third-order valence-electron chi connectivity index (χ3n) is 5.08. The van der Waals surface area contributed by atoms with Crippen LogP contribution in [-0.2, 0) is 4.79 Å². The highest BCUT2D eigenvalue weighted by molar-refractivity contribution is 5.94. The Kier molecular flexibility index (Phi) is 5.35. The maximum atomic E-state index is 12.5. The zero-order valence-electron chi connectivity index (χ0n) is 17.5. The summed E-state index contributed by atoms with van der Waals surface area (Å²) in [6.45, 7) is 3.94. The fourth-order valence-electron chi connectivity index (χ4n) is 3.67. The number of hydrogen-bond donors (Lipinski definition) is 1. The first-order chi connectivity index (χ1) is 14.5. The van der Waals surface area contributed by atoms with Crippen LogP contribution in [-0.4, -0.2) is 35.8 Å². The summed E-state index contributed by atoms with van der Waals surface area (Å²) in [5.41, 5.74) is 2.67. The van der Waals surface area contributed by atoms with E-state index >= 15 is 0 Å². The molecule has 0 fully saturated rings. The number of methoxy groups -OCH3 is 2. The lowest BCUT2D eigenvalue weighted by Crippen LogP contribution is -2.25. The molecule has 0 unspecified atom stereocenters. The highest BCUT2D eigenvalue weighted by Gasteiger charge is 2.31. The summed E-state index contributed by atoms with van der Waals surface area (Å²) >= 11 is 0. The van der Waals surface area contributed by atoms with Crippen molar-refractivity contribution in [1.29, 1.82) is 0 Å². The number of benzene rings is 2. The van der Waals surface area contributed by atoms with Crippen LogP contribution in [0, 0.1) is 0 Å². The van der Waals surface area contributed by atoms with E-state index in [4.69, 9.17) is 14.2 Å². The van der Waals surface area contributed by atoms with Crippen molar-refractivity contribution >= 4 is 11.7 Å². The van der Waals surface area contributed by atoms with Crippen molar-refractivity contribution in [2.45, 2.75) is 32.3 Å². The Balaban J connectivity index is 1.72. The van der Waals surface area contributed by atoms with Crippen molar-refractivity contribution in [2.24, 2.45) is 0 Å². The molecule has 0 saturated heterocycles. The SMILES string of the molecule is COc1ccc(-n2cnc3c2NC(=O)C[C@H]3c2ccc(OC(C)C)c(OC)c2)cc1. The zero-order valence-corrected chi connectivity index (χ0v) is 17.5. The summed E-state index contributed by atoms with van der Waals surface area (Å²) in [6.07, 6.45) is 2.09. The molecular formula is C23H25N3O4. The third-order valence-corrected chi connectivity index (χ3v) is 5.08. The van der Waals surface area contributed by atoms with Crippen LogP contribution < -0.4 is 19.5 Å². The van der Waals surface area contributed by atoms with Gasteiger partial charge >= 0.3 is 0 Å². The predicted molar refractivity (Wildman–Crippen MR) is 114 cm³/mol. The Morgan fingerprint density at radius 1 is 1.07 bits per heavy atom. The van der Waals surface area contributed by atoms with E-state index in [1.807, 2.05) is 60.9 Å². The largest absolute Gasteiger partial charge is 0.497 e. The standard InChI is InChI=1S/C23H25N3O4/c1-14(2)30-19-10-5-15(11-20(19)29-4)18-12-21(27)25-23-22(18)24-13-26(23)16-6-8-17(28-3)9-7-16/h5-11,13-14,18H,12H2,1-4H3,(H,25,27)/t18-/m0/s1. The Hall–Kier alpha value is -3.48. The minimum atomic E-state index is -0.171. The van der Waals surface area contributed by atoms with Gasteiger partial charge in [-0.2, -0.15) is 0 Å². The number of hydrogen-bond acceptors (Lipinski definition) is 5. The van der Waals surface area contributed by atoms with Crippen LogP contribution in [0.1, 0.15) is 37.4 Å². The van der Waals surface area contributed by atoms with Gasteiger partial charge in [-0.3, -0.25) is 9.36 Å². The smallest absolute Gasteiger partial charge is 0.226 e. The zero-order chi connectivity index (χ0) is 21.3. The Morgan fingerprint density at radius 2 is 1.83 bits per heavy atom. The van der Waals surface area contributed by atoms with Gasteiger partial charge < -0.3 is 19.5 Å². The molecule has 0 aliphatic carbocycles. The number of fused-ring (bicyclic) bond motifs is 1. The topological polar surface area (TPSA) is 74.6 Å². The Bertz CT molecular complexity index is 1060. The van der Waals surface area contributed by atoms with Crippen LogP contribution in [0.25, 0.3) is 5.69 Å². The first-order valence-electron chi connectivity index (χ1n) is 9.86. The second kappa shape index (κ2) is 8.10. The van der Waals surface area contributed by atoms with Crippen LogP contribution in [0.3, 0.4) is 0 Å². The molecule has 0 saturated carbocycles. The van der Waals surface area contributed by atoms with Crippen molar-refractivity contribution in [3.63, 3.8) is 0 Å². The molecule has 2 heterocycles. The fraction of sp³-hybridized carbons (Fsp3) is 0.304. The molecule has 30 heavy (non-hydrogen) atoms. The second-order valence-electron chi connectivity index (χ2n) is 7.43. The molecule has 1 N–H and O–H groups in total. The van der Waals surface area contributed by atoms with Crippen LogP contribution >= 0.6 is 0 Å². The van der Waals surface area contributed by atoms with E-state index in [9.17, 15) is 4.79 Å². The van der Waals surface area contributed by atoms with Crippen molar-refractivity contribution < 1.29 is 19.0 Å². The molecule has 1 amide bonds. The summed E-state index contributed by atoms with van der Waals surface area (Å²) in [5, 5.41) is 2.98. The molecule has 1 atom stereocenters. The number of nitrogens with zero attached hydrogens (tertiary/aromatic N) is 2. The molecule has 7 nitrogen and oxygen atoms in total. The van der Waals surface area contributed by atoms with Gasteiger partial charge in [0, 0.05) is 18.0 Å². The predicted octanol–water partition coefficient (Wildman–Crippen LogP) is 4.15. The van der Waals surface area contributed by atoms with Crippen LogP contribution in [0.4, 0.5) is 5.82 Å². The van der Waals surface area contributed by atoms with Gasteiger partial charge in [0.2, 0.25) is 5.91 Å². The van der Waals surface area contributed by atoms with E-state index in [1.165, 1.54) is 0 Å². The average Bonchev–Trinajstić information content (AvgIpc) is 3.17. The molecule has 0 radical (unpaired) electrons. The Morgan fingerprint density at radius 3 is 2.50 bits per heavy atom. The molecule has 156 valence electrons. The normalized spacial score (nSPS) is 15.5. The number of imidazole rings is 1. The lowest BCUT2D eigenvalue weighted by molar-refractivity contribution is -0.116. The van der Waals surface area contributed by atoms with E-state index < -0.39 is 0 Å². The molecule has 1 aliphatic rings. The number of carbonyl (C=O) groups excluding carboxylic acids is 1. The lowest BCUT2D eigenvalue weighted by atomic mass is 9.89. The van der Waals surface area contributed by atoms with Gasteiger partial charge in [0.25, 0.3) is 0 Å². The summed E-state index contributed by atoms with van der Waals surface area (Å²) in [6, 6.07) is 13.4. The third kappa shape index (κ3) is 3.70. The molecule has 0 bridgehead atoms. The van der Waals surface area contributed by atoms with Crippen molar-refractivity contribution in [3.05, 3.63) is 60.0 Å². The fourth-order valence-corrected chi connectivity index (χ4v) is 3.67. The quantitative estimate of drug-likeness (QED) is 0.664. The lowest BCUT2D eigenvalue weighted by Gasteiger charge is -2.24. The average molecular weight is 407 g/mol. The van der Waals surface area contributed by atoms with Gasteiger partial charge in [-0.25, -0.2) is 4.98 Å².